The summed E-state index contributed by atoms with van der Waals surface area (Å²) in [5.74, 6) is 0.441. The zero-order chi connectivity index (χ0) is 21.8. The average Bonchev–Trinajstić information content (AvgIpc) is 3.03. The Kier molecular flexibility index (Phi) is 6.80. The van der Waals surface area contributed by atoms with Crippen LogP contribution in [0.4, 0.5) is 4.79 Å². The SMILES string of the molecule is O=C1S/C(=C\c2ccc(OCc3ccc(Cl)cc3)cc2)C(=O)N1Cc1ccc(Br)cc1. The molecule has 0 saturated carbocycles. The van der Waals surface area contributed by atoms with Crippen molar-refractivity contribution >= 4 is 56.5 Å². The van der Waals surface area contributed by atoms with Gasteiger partial charge in [0.05, 0.1) is 11.4 Å². The maximum atomic E-state index is 12.7. The lowest BCUT2D eigenvalue weighted by molar-refractivity contribution is -0.123. The highest BCUT2D eigenvalue weighted by molar-refractivity contribution is 9.10. The van der Waals surface area contributed by atoms with Gasteiger partial charge in [-0.05, 0) is 70.9 Å². The Balaban J connectivity index is 1.39. The summed E-state index contributed by atoms with van der Waals surface area (Å²) in [5, 5.41) is 0.427. The molecule has 3 aromatic carbocycles. The van der Waals surface area contributed by atoms with E-state index in [4.69, 9.17) is 16.3 Å². The van der Waals surface area contributed by atoms with Crippen molar-refractivity contribution < 1.29 is 14.3 Å². The first kappa shape index (κ1) is 21.7. The normalized spacial score (nSPS) is 15.0. The molecule has 0 atom stereocenters. The molecule has 1 fully saturated rings. The molecular weight excluding hydrogens is 498 g/mol. The molecule has 156 valence electrons. The van der Waals surface area contributed by atoms with Crippen LogP contribution in [0, 0.1) is 0 Å². The molecule has 0 radical (unpaired) electrons. The molecule has 7 heteroatoms. The molecule has 0 bridgehead atoms. The summed E-state index contributed by atoms with van der Waals surface area (Å²) in [6.45, 7) is 0.693. The number of imide groups is 1. The first-order chi connectivity index (χ1) is 15.0. The molecule has 0 unspecified atom stereocenters. The van der Waals surface area contributed by atoms with Crippen LogP contribution in [0.3, 0.4) is 0 Å². The Morgan fingerprint density at radius 3 is 2.23 bits per heavy atom. The van der Waals surface area contributed by atoms with Gasteiger partial charge in [0.1, 0.15) is 12.4 Å². The highest BCUT2D eigenvalue weighted by Gasteiger charge is 2.34. The second-order valence-electron chi connectivity index (χ2n) is 6.88. The van der Waals surface area contributed by atoms with Gasteiger partial charge in [0.15, 0.2) is 0 Å². The van der Waals surface area contributed by atoms with Gasteiger partial charge in [-0.2, -0.15) is 0 Å². The van der Waals surface area contributed by atoms with Crippen LogP contribution in [0.2, 0.25) is 5.02 Å². The number of ether oxygens (including phenoxy) is 1. The van der Waals surface area contributed by atoms with E-state index in [1.54, 1.807) is 6.08 Å². The van der Waals surface area contributed by atoms with Gasteiger partial charge in [0.2, 0.25) is 0 Å². The minimum absolute atomic E-state index is 0.257. The zero-order valence-electron chi connectivity index (χ0n) is 16.3. The van der Waals surface area contributed by atoms with Gasteiger partial charge in [0.25, 0.3) is 11.1 Å². The Bertz CT molecular complexity index is 1130. The number of benzene rings is 3. The van der Waals surface area contributed by atoms with Crippen LogP contribution in [0.5, 0.6) is 5.75 Å². The monoisotopic (exact) mass is 513 g/mol. The molecule has 31 heavy (non-hydrogen) atoms. The van der Waals surface area contributed by atoms with E-state index in [0.717, 1.165) is 38.7 Å². The molecule has 3 aromatic rings. The summed E-state index contributed by atoms with van der Waals surface area (Å²) in [7, 11) is 0. The number of amides is 2. The van der Waals surface area contributed by atoms with Gasteiger partial charge in [-0.1, -0.05) is 63.9 Å². The van der Waals surface area contributed by atoms with E-state index >= 15 is 0 Å². The minimum Gasteiger partial charge on any atom is -0.489 e. The Hall–Kier alpha value is -2.54. The van der Waals surface area contributed by atoms with Crippen LogP contribution in [0.1, 0.15) is 16.7 Å². The molecule has 1 saturated heterocycles. The van der Waals surface area contributed by atoms with Gasteiger partial charge >= 0.3 is 0 Å². The minimum atomic E-state index is -0.277. The summed E-state index contributed by atoms with van der Waals surface area (Å²) in [6, 6.07) is 22.4. The van der Waals surface area contributed by atoms with Gasteiger partial charge in [-0.25, -0.2) is 0 Å². The summed E-state index contributed by atoms with van der Waals surface area (Å²) in [4.78, 5) is 26.7. The second-order valence-corrected chi connectivity index (χ2v) is 9.22. The van der Waals surface area contributed by atoms with Gasteiger partial charge < -0.3 is 4.74 Å². The molecular formula is C24H17BrClNO3S. The van der Waals surface area contributed by atoms with Crippen LogP contribution in [0.25, 0.3) is 6.08 Å². The predicted octanol–water partition coefficient (Wildman–Crippen LogP) is 6.92. The standard InChI is InChI=1S/C24H17BrClNO3S/c25-19-7-1-17(2-8-19)14-27-23(28)22(31-24(27)29)13-16-5-11-21(12-6-16)30-15-18-3-9-20(26)10-4-18/h1-13H,14-15H2/b22-13-. The molecule has 0 aliphatic carbocycles. The van der Waals surface area contributed by atoms with E-state index in [1.165, 1.54) is 4.90 Å². The van der Waals surface area contributed by atoms with Crippen molar-refractivity contribution in [2.75, 3.05) is 0 Å². The smallest absolute Gasteiger partial charge is 0.293 e. The van der Waals surface area contributed by atoms with Crippen molar-refractivity contribution in [2.45, 2.75) is 13.2 Å². The second kappa shape index (κ2) is 9.73. The maximum Gasteiger partial charge on any atom is 0.293 e. The highest BCUT2D eigenvalue weighted by atomic mass is 79.9. The Morgan fingerprint density at radius 2 is 1.55 bits per heavy atom. The summed E-state index contributed by atoms with van der Waals surface area (Å²) >= 11 is 10.2. The van der Waals surface area contributed by atoms with E-state index in [9.17, 15) is 9.59 Å². The van der Waals surface area contributed by atoms with Crippen LogP contribution >= 0.6 is 39.3 Å². The number of carbonyl (C=O) groups excluding carboxylic acids is 2. The van der Waals surface area contributed by atoms with Crippen molar-refractivity contribution in [1.82, 2.24) is 4.90 Å². The van der Waals surface area contributed by atoms with E-state index in [-0.39, 0.29) is 17.7 Å². The molecule has 0 spiro atoms. The average molecular weight is 515 g/mol. The van der Waals surface area contributed by atoms with Gasteiger partial charge in [0, 0.05) is 9.50 Å². The number of rotatable bonds is 6. The number of halogens is 2. The largest absolute Gasteiger partial charge is 0.489 e. The Labute approximate surface area is 198 Å². The topological polar surface area (TPSA) is 46.6 Å². The number of nitrogens with zero attached hydrogens (tertiary/aromatic N) is 1. The number of carbonyl (C=O) groups is 2. The fourth-order valence-electron chi connectivity index (χ4n) is 2.97. The summed E-state index contributed by atoms with van der Waals surface area (Å²) < 4.78 is 6.74. The van der Waals surface area contributed by atoms with E-state index in [0.29, 0.717) is 16.5 Å². The van der Waals surface area contributed by atoms with Crippen LogP contribution in [-0.2, 0) is 17.9 Å². The fourth-order valence-corrected chi connectivity index (χ4v) is 4.20. The van der Waals surface area contributed by atoms with E-state index < -0.39 is 0 Å². The third-order valence-corrected chi connectivity index (χ3v) is 6.31. The van der Waals surface area contributed by atoms with Crippen LogP contribution in [-0.4, -0.2) is 16.0 Å². The van der Waals surface area contributed by atoms with Crippen molar-refractivity contribution in [1.29, 1.82) is 0 Å². The first-order valence-corrected chi connectivity index (χ1v) is 11.4. The van der Waals surface area contributed by atoms with Crippen molar-refractivity contribution in [2.24, 2.45) is 0 Å². The molecule has 0 aromatic heterocycles. The summed E-state index contributed by atoms with van der Waals surface area (Å²) in [6.07, 6.45) is 1.73. The number of thioether (sulfide) groups is 1. The quantitative estimate of drug-likeness (QED) is 0.335. The van der Waals surface area contributed by atoms with E-state index in [1.807, 2.05) is 72.8 Å². The Morgan fingerprint density at radius 1 is 0.903 bits per heavy atom. The van der Waals surface area contributed by atoms with Gasteiger partial charge in [-0.15, -0.1) is 0 Å². The molecule has 1 aliphatic heterocycles. The maximum absolute atomic E-state index is 12.7. The summed E-state index contributed by atoms with van der Waals surface area (Å²) in [5.41, 5.74) is 2.75. The lowest BCUT2D eigenvalue weighted by Gasteiger charge is -2.12. The van der Waals surface area contributed by atoms with E-state index in [2.05, 4.69) is 15.9 Å². The van der Waals surface area contributed by atoms with Crippen LogP contribution in [0.15, 0.2) is 82.2 Å². The number of hydrogen-bond acceptors (Lipinski definition) is 4. The van der Waals surface area contributed by atoms with Crippen molar-refractivity contribution in [3.8, 4) is 5.75 Å². The third-order valence-electron chi connectivity index (χ3n) is 4.62. The molecule has 2 amide bonds. The molecule has 4 nitrogen and oxygen atoms in total. The van der Waals surface area contributed by atoms with Crippen molar-refractivity contribution in [3.05, 3.63) is 104 Å². The third kappa shape index (κ3) is 5.58. The predicted molar refractivity (Wildman–Crippen MR) is 128 cm³/mol. The lowest BCUT2D eigenvalue weighted by atomic mass is 10.2. The molecule has 1 aliphatic rings. The lowest BCUT2D eigenvalue weighted by Crippen LogP contribution is -2.27. The first-order valence-electron chi connectivity index (χ1n) is 9.45. The molecule has 1 heterocycles. The van der Waals surface area contributed by atoms with Gasteiger partial charge in [-0.3, -0.25) is 14.5 Å². The molecule has 4 rings (SSSR count). The number of hydrogen-bond donors (Lipinski definition) is 0. The zero-order valence-corrected chi connectivity index (χ0v) is 19.4. The van der Waals surface area contributed by atoms with Crippen LogP contribution < -0.4 is 4.74 Å². The highest BCUT2D eigenvalue weighted by Crippen LogP contribution is 2.33. The fraction of sp³-hybridized carbons (Fsp3) is 0.0833. The molecule has 0 N–H and O–H groups in total. The van der Waals surface area contributed by atoms with Crippen molar-refractivity contribution in [3.63, 3.8) is 0 Å².